The topological polar surface area (TPSA) is 137 Å². The Labute approximate surface area is 162 Å². The summed E-state index contributed by atoms with van der Waals surface area (Å²) in [6.45, 7) is 0.511. The van der Waals surface area contributed by atoms with Crippen molar-refractivity contribution in [1.29, 1.82) is 0 Å². The number of carbonyl (C=O) groups excluding carboxylic acids is 3. The van der Waals surface area contributed by atoms with E-state index in [4.69, 9.17) is 5.11 Å². The van der Waals surface area contributed by atoms with E-state index < -0.39 is 29.9 Å². The van der Waals surface area contributed by atoms with Crippen molar-refractivity contribution >= 4 is 48.1 Å². The second-order valence-corrected chi connectivity index (χ2v) is 7.20. The van der Waals surface area contributed by atoms with Crippen molar-refractivity contribution in [3.63, 3.8) is 0 Å². The Morgan fingerprint density at radius 3 is 2.54 bits per heavy atom. The van der Waals surface area contributed by atoms with Crippen LogP contribution in [0.3, 0.4) is 0 Å². The molecular weight excluding hydrogens is 380 g/mol. The van der Waals surface area contributed by atoms with Crippen molar-refractivity contribution in [3.8, 4) is 0 Å². The molecule has 1 heterocycles. The van der Waals surface area contributed by atoms with Gasteiger partial charge in [0.15, 0.2) is 0 Å². The molecule has 0 spiro atoms. The average molecular weight is 407 g/mol. The van der Waals surface area contributed by atoms with Crippen molar-refractivity contribution in [3.05, 3.63) is 0 Å². The van der Waals surface area contributed by atoms with Gasteiger partial charge in [0.25, 0.3) is 0 Å². The molecule has 0 aliphatic carbocycles. The number of aliphatic carboxylic acids is 1. The third kappa shape index (κ3) is 7.83. The Bertz CT molecular complexity index is 514. The monoisotopic (exact) mass is 406 g/mol. The minimum Gasteiger partial charge on any atom is -0.480 e. The van der Waals surface area contributed by atoms with Crippen molar-refractivity contribution in [2.45, 2.75) is 37.4 Å². The third-order valence-electron chi connectivity index (χ3n) is 3.86. The summed E-state index contributed by atoms with van der Waals surface area (Å²) in [5.41, 5.74) is 0. The van der Waals surface area contributed by atoms with Crippen LogP contribution in [0.15, 0.2) is 0 Å². The van der Waals surface area contributed by atoms with E-state index in [1.54, 1.807) is 0 Å². The SMILES string of the molecule is CSCCC(NC(=O)C(CS)NC(=O)CNC(=O)C1CCCN1)C(=O)O. The fraction of sp³-hybridized carbons (Fsp3) is 0.733. The van der Waals surface area contributed by atoms with Gasteiger partial charge in [-0.2, -0.15) is 24.4 Å². The number of thioether (sulfide) groups is 1. The number of amides is 3. The van der Waals surface area contributed by atoms with Gasteiger partial charge in [-0.15, -0.1) is 0 Å². The molecule has 5 N–H and O–H groups in total. The summed E-state index contributed by atoms with van der Waals surface area (Å²) in [5, 5.41) is 19.5. The number of carboxylic acids is 1. The van der Waals surface area contributed by atoms with Gasteiger partial charge in [-0.1, -0.05) is 0 Å². The van der Waals surface area contributed by atoms with Gasteiger partial charge in [-0.3, -0.25) is 14.4 Å². The zero-order valence-electron chi connectivity index (χ0n) is 14.6. The number of rotatable bonds is 11. The van der Waals surface area contributed by atoms with E-state index in [0.29, 0.717) is 5.75 Å². The lowest BCUT2D eigenvalue weighted by atomic mass is 10.2. The molecule has 1 aliphatic rings. The van der Waals surface area contributed by atoms with Crippen molar-refractivity contribution < 1.29 is 24.3 Å². The molecule has 0 aromatic carbocycles. The number of hydrogen-bond donors (Lipinski definition) is 6. The highest BCUT2D eigenvalue weighted by Crippen LogP contribution is 2.04. The average Bonchev–Trinajstić information content (AvgIpc) is 3.15. The second kappa shape index (κ2) is 12.0. The molecule has 1 fully saturated rings. The standard InChI is InChI=1S/C15H26N4O5S2/c1-26-6-4-10(15(23)24)19-14(22)11(8-25)18-12(20)7-17-13(21)9-3-2-5-16-9/h9-11,16,25H,2-8H2,1H3,(H,17,21)(H,18,20)(H,19,22)(H,23,24). The van der Waals surface area contributed by atoms with Gasteiger partial charge >= 0.3 is 5.97 Å². The first-order valence-corrected chi connectivity index (χ1v) is 10.3. The number of thiol groups is 1. The first kappa shape index (κ1) is 22.6. The van der Waals surface area contributed by atoms with E-state index in [1.807, 2.05) is 6.26 Å². The van der Waals surface area contributed by atoms with Gasteiger partial charge in [0.1, 0.15) is 12.1 Å². The van der Waals surface area contributed by atoms with Gasteiger partial charge in [-0.25, -0.2) is 4.79 Å². The van der Waals surface area contributed by atoms with Gasteiger partial charge in [0, 0.05) is 5.75 Å². The maximum absolute atomic E-state index is 12.2. The maximum atomic E-state index is 12.2. The zero-order valence-corrected chi connectivity index (χ0v) is 16.3. The summed E-state index contributed by atoms with van der Waals surface area (Å²) in [4.78, 5) is 47.2. The zero-order chi connectivity index (χ0) is 19.5. The lowest BCUT2D eigenvalue weighted by molar-refractivity contribution is -0.142. The molecule has 0 aromatic rings. The lowest BCUT2D eigenvalue weighted by Crippen LogP contribution is -2.54. The van der Waals surface area contributed by atoms with Crippen LogP contribution in [0.2, 0.25) is 0 Å². The summed E-state index contributed by atoms with van der Waals surface area (Å²) in [6, 6.07) is -2.30. The predicted molar refractivity (Wildman–Crippen MR) is 102 cm³/mol. The Morgan fingerprint density at radius 2 is 2.00 bits per heavy atom. The summed E-state index contributed by atoms with van der Waals surface area (Å²) >= 11 is 5.50. The molecule has 26 heavy (non-hydrogen) atoms. The highest BCUT2D eigenvalue weighted by Gasteiger charge is 2.26. The summed E-state index contributed by atoms with van der Waals surface area (Å²) in [7, 11) is 0. The predicted octanol–water partition coefficient (Wildman–Crippen LogP) is -1.41. The van der Waals surface area contributed by atoms with E-state index in [1.165, 1.54) is 11.8 Å². The van der Waals surface area contributed by atoms with Gasteiger partial charge in [0.2, 0.25) is 17.7 Å². The second-order valence-electron chi connectivity index (χ2n) is 5.85. The van der Waals surface area contributed by atoms with Crippen LogP contribution in [0.4, 0.5) is 0 Å². The number of nitrogens with one attached hydrogen (secondary N) is 4. The normalized spacial score (nSPS) is 18.6. The van der Waals surface area contributed by atoms with E-state index in [0.717, 1.165) is 19.4 Å². The van der Waals surface area contributed by atoms with Gasteiger partial charge in [-0.05, 0) is 37.8 Å². The molecule has 1 aliphatic heterocycles. The molecule has 3 atom stereocenters. The Balaban J connectivity index is 2.45. The fourth-order valence-electron chi connectivity index (χ4n) is 2.40. The number of carbonyl (C=O) groups is 4. The minimum atomic E-state index is -1.13. The first-order valence-electron chi connectivity index (χ1n) is 8.32. The highest BCUT2D eigenvalue weighted by atomic mass is 32.2. The molecule has 1 saturated heterocycles. The summed E-state index contributed by atoms with van der Waals surface area (Å²) in [6.07, 6.45) is 3.75. The molecule has 9 nitrogen and oxygen atoms in total. The molecular formula is C15H26N4O5S2. The Morgan fingerprint density at radius 1 is 1.27 bits per heavy atom. The lowest BCUT2D eigenvalue weighted by Gasteiger charge is -2.20. The van der Waals surface area contributed by atoms with Gasteiger partial charge in [0.05, 0.1) is 12.6 Å². The van der Waals surface area contributed by atoms with Crippen molar-refractivity contribution in [1.82, 2.24) is 21.3 Å². The van der Waals surface area contributed by atoms with E-state index >= 15 is 0 Å². The van der Waals surface area contributed by atoms with E-state index in [-0.39, 0.29) is 30.7 Å². The minimum absolute atomic E-state index is 0.00453. The molecule has 0 radical (unpaired) electrons. The smallest absolute Gasteiger partial charge is 0.326 e. The Kier molecular flexibility index (Phi) is 10.4. The molecule has 0 saturated carbocycles. The van der Waals surface area contributed by atoms with Crippen LogP contribution in [0, 0.1) is 0 Å². The van der Waals surface area contributed by atoms with Crippen LogP contribution >= 0.6 is 24.4 Å². The van der Waals surface area contributed by atoms with Crippen LogP contribution < -0.4 is 21.3 Å². The van der Waals surface area contributed by atoms with E-state index in [2.05, 4.69) is 33.9 Å². The van der Waals surface area contributed by atoms with Gasteiger partial charge < -0.3 is 26.4 Å². The molecule has 3 unspecified atom stereocenters. The van der Waals surface area contributed by atoms with Crippen LogP contribution in [0.1, 0.15) is 19.3 Å². The maximum Gasteiger partial charge on any atom is 0.326 e. The summed E-state index contributed by atoms with van der Waals surface area (Å²) in [5.74, 6) is -1.96. The number of hydrogen-bond acceptors (Lipinski definition) is 7. The molecule has 3 amide bonds. The van der Waals surface area contributed by atoms with E-state index in [9.17, 15) is 19.2 Å². The number of carboxylic acid groups (broad SMARTS) is 1. The van der Waals surface area contributed by atoms with Crippen LogP contribution in [-0.4, -0.2) is 77.8 Å². The van der Waals surface area contributed by atoms with Crippen LogP contribution in [0.5, 0.6) is 0 Å². The van der Waals surface area contributed by atoms with Crippen LogP contribution in [-0.2, 0) is 19.2 Å². The Hall–Kier alpha value is -1.46. The highest BCUT2D eigenvalue weighted by molar-refractivity contribution is 7.98. The quantitative estimate of drug-likeness (QED) is 0.232. The molecule has 1 rings (SSSR count). The van der Waals surface area contributed by atoms with Crippen molar-refractivity contribution in [2.24, 2.45) is 0 Å². The molecule has 148 valence electrons. The van der Waals surface area contributed by atoms with Crippen LogP contribution in [0.25, 0.3) is 0 Å². The summed E-state index contributed by atoms with van der Waals surface area (Å²) < 4.78 is 0. The molecule has 0 bridgehead atoms. The third-order valence-corrected chi connectivity index (χ3v) is 4.87. The molecule has 11 heteroatoms. The first-order chi connectivity index (χ1) is 12.4. The fourth-order valence-corrected chi connectivity index (χ4v) is 3.13. The largest absolute Gasteiger partial charge is 0.480 e. The van der Waals surface area contributed by atoms with Crippen molar-refractivity contribution in [2.75, 3.05) is 30.9 Å². The molecule has 0 aromatic heterocycles.